The van der Waals surface area contributed by atoms with Gasteiger partial charge in [-0.1, -0.05) is 28.1 Å². The lowest BCUT2D eigenvalue weighted by molar-refractivity contribution is -0.171. The minimum Gasteiger partial charge on any atom is -0.455 e. The van der Waals surface area contributed by atoms with Crippen LogP contribution in [0.1, 0.15) is 44.4 Å². The number of hydrogen-bond donors (Lipinski definition) is 0. The molecule has 2 aromatic rings. The molecule has 0 aliphatic heterocycles. The Morgan fingerprint density at radius 2 is 2.00 bits per heavy atom. The molecule has 4 nitrogen and oxygen atoms in total. The van der Waals surface area contributed by atoms with Gasteiger partial charge in [-0.05, 0) is 62.5 Å². The number of alkyl halides is 1. The number of oxazole rings is 1. The minimum atomic E-state index is -0.292. The fraction of sp³-hybridized carbons (Fsp3) is 0.579. The predicted molar refractivity (Wildman–Crippen MR) is 92.6 cm³/mol. The Hall–Kier alpha value is -1.36. The molecule has 0 spiro atoms. The van der Waals surface area contributed by atoms with Crippen molar-refractivity contribution in [3.05, 3.63) is 30.2 Å². The Kier molecular flexibility index (Phi) is 3.16. The van der Waals surface area contributed by atoms with E-state index < -0.39 is 0 Å². The number of carbonyl (C=O) groups is 1. The normalized spacial score (nSPS) is 37.0. The highest BCUT2D eigenvalue weighted by molar-refractivity contribution is 9.10. The lowest BCUT2D eigenvalue weighted by Gasteiger charge is -2.58. The van der Waals surface area contributed by atoms with Crippen LogP contribution in [-0.2, 0) is 16.1 Å². The van der Waals surface area contributed by atoms with Gasteiger partial charge in [-0.25, -0.2) is 4.98 Å². The van der Waals surface area contributed by atoms with Gasteiger partial charge in [0.1, 0.15) is 5.52 Å². The van der Waals surface area contributed by atoms with Crippen molar-refractivity contribution in [2.45, 2.75) is 49.5 Å². The van der Waals surface area contributed by atoms with E-state index in [0.717, 1.165) is 30.4 Å². The Bertz CT molecular complexity index is 767. The highest BCUT2D eigenvalue weighted by Crippen LogP contribution is 2.64. The molecule has 0 N–H and O–H groups in total. The highest BCUT2D eigenvalue weighted by atomic mass is 79.9. The first kappa shape index (κ1) is 14.9. The van der Waals surface area contributed by atoms with Crippen LogP contribution in [-0.4, -0.2) is 15.3 Å². The maximum atomic E-state index is 12.9. The summed E-state index contributed by atoms with van der Waals surface area (Å²) in [4.78, 5) is 17.3. The first-order valence-electron chi connectivity index (χ1n) is 8.74. The van der Waals surface area contributed by atoms with Gasteiger partial charge in [0.25, 0.3) is 0 Å². The molecule has 4 saturated carbocycles. The summed E-state index contributed by atoms with van der Waals surface area (Å²) in [6.45, 7) is 0.125. The zero-order chi connectivity index (χ0) is 16.4. The van der Waals surface area contributed by atoms with E-state index in [1.54, 1.807) is 0 Å². The van der Waals surface area contributed by atoms with Gasteiger partial charge in [0.2, 0.25) is 5.89 Å². The number of esters is 1. The summed E-state index contributed by atoms with van der Waals surface area (Å²) in [6, 6.07) is 7.61. The molecule has 1 aromatic carbocycles. The third-order valence-corrected chi connectivity index (χ3v) is 7.02. The van der Waals surface area contributed by atoms with Crippen LogP contribution >= 0.6 is 15.9 Å². The molecule has 1 heterocycles. The summed E-state index contributed by atoms with van der Waals surface area (Å²) in [7, 11) is 0. The molecule has 6 rings (SSSR count). The van der Waals surface area contributed by atoms with Gasteiger partial charge in [0.15, 0.2) is 12.2 Å². The zero-order valence-electron chi connectivity index (χ0n) is 13.5. The molecule has 0 amide bonds. The molecule has 5 heteroatoms. The maximum Gasteiger partial charge on any atom is 0.312 e. The molecule has 0 saturated heterocycles. The summed E-state index contributed by atoms with van der Waals surface area (Å²) in [5.74, 6) is 1.76. The lowest BCUT2D eigenvalue weighted by atomic mass is 9.49. The number of hydrogen-bond acceptors (Lipinski definition) is 4. The summed E-state index contributed by atoms with van der Waals surface area (Å²) in [5.41, 5.74) is 1.25. The standard InChI is InChI=1S/C19H20BrNO3/c20-19-8-12-5-13(9-19)7-18(6-12,11-19)17(22)23-10-16-21-14-3-1-2-4-15(14)24-16/h1-4,12-13H,5-11H2/t12-,13-,18?,19?/m1/s1. The smallest absolute Gasteiger partial charge is 0.312 e. The minimum absolute atomic E-state index is 0.0531. The van der Waals surface area contributed by atoms with E-state index in [-0.39, 0.29) is 22.3 Å². The highest BCUT2D eigenvalue weighted by Gasteiger charge is 2.60. The van der Waals surface area contributed by atoms with Crippen molar-refractivity contribution in [3.63, 3.8) is 0 Å². The SMILES string of the molecule is O=C(OCc1nc2ccccc2o1)C12C[C@H]3C[C@@H](CC(Br)(C3)C1)C2. The first-order valence-corrected chi connectivity index (χ1v) is 9.54. The summed E-state index contributed by atoms with van der Waals surface area (Å²) >= 11 is 3.94. The number of aromatic nitrogens is 1. The average Bonchev–Trinajstić information content (AvgIpc) is 2.93. The Labute approximate surface area is 149 Å². The van der Waals surface area contributed by atoms with Crippen molar-refractivity contribution in [1.29, 1.82) is 0 Å². The van der Waals surface area contributed by atoms with Crippen molar-refractivity contribution in [3.8, 4) is 0 Å². The third-order valence-electron chi connectivity index (χ3n) is 6.09. The van der Waals surface area contributed by atoms with Gasteiger partial charge in [-0.15, -0.1) is 0 Å². The Balaban J connectivity index is 1.33. The molecular weight excluding hydrogens is 370 g/mol. The summed E-state index contributed by atoms with van der Waals surface area (Å²) in [5, 5.41) is 0. The number of benzene rings is 1. The van der Waals surface area contributed by atoms with E-state index in [1.165, 1.54) is 19.3 Å². The van der Waals surface area contributed by atoms with Crippen LogP contribution in [0, 0.1) is 17.3 Å². The topological polar surface area (TPSA) is 52.3 Å². The van der Waals surface area contributed by atoms with Gasteiger partial charge in [-0.2, -0.15) is 0 Å². The lowest BCUT2D eigenvalue weighted by Crippen LogP contribution is -2.56. The van der Waals surface area contributed by atoms with Crippen LogP contribution in [0.15, 0.2) is 28.7 Å². The van der Waals surface area contributed by atoms with Crippen LogP contribution in [0.25, 0.3) is 11.1 Å². The Morgan fingerprint density at radius 1 is 1.25 bits per heavy atom. The van der Waals surface area contributed by atoms with Crippen molar-refractivity contribution in [2.24, 2.45) is 17.3 Å². The van der Waals surface area contributed by atoms with Gasteiger partial charge in [-0.3, -0.25) is 4.79 Å². The van der Waals surface area contributed by atoms with E-state index in [2.05, 4.69) is 20.9 Å². The van der Waals surface area contributed by atoms with Gasteiger partial charge in [0, 0.05) is 4.32 Å². The average molecular weight is 390 g/mol. The van der Waals surface area contributed by atoms with E-state index in [0.29, 0.717) is 17.7 Å². The predicted octanol–water partition coefficient (Wildman–Crippen LogP) is 4.60. The monoisotopic (exact) mass is 389 g/mol. The van der Waals surface area contributed by atoms with E-state index in [1.807, 2.05) is 24.3 Å². The molecule has 0 unspecified atom stereocenters. The summed E-state index contributed by atoms with van der Waals surface area (Å²) in [6.07, 6.45) is 6.60. The van der Waals surface area contributed by atoms with Crippen molar-refractivity contribution < 1.29 is 13.9 Å². The fourth-order valence-electron chi connectivity index (χ4n) is 5.65. The van der Waals surface area contributed by atoms with Crippen LogP contribution in [0.3, 0.4) is 0 Å². The number of ether oxygens (including phenoxy) is 1. The van der Waals surface area contributed by atoms with Crippen LogP contribution in [0.2, 0.25) is 0 Å². The van der Waals surface area contributed by atoms with Crippen molar-refractivity contribution in [2.75, 3.05) is 0 Å². The number of nitrogens with zero attached hydrogens (tertiary/aromatic N) is 1. The molecule has 4 aliphatic carbocycles. The number of para-hydroxylation sites is 2. The van der Waals surface area contributed by atoms with Gasteiger partial charge < -0.3 is 9.15 Å². The number of halogens is 1. The number of rotatable bonds is 3. The van der Waals surface area contributed by atoms with E-state index >= 15 is 0 Å². The zero-order valence-corrected chi connectivity index (χ0v) is 15.0. The van der Waals surface area contributed by atoms with Gasteiger partial charge in [0.05, 0.1) is 5.41 Å². The molecule has 126 valence electrons. The Morgan fingerprint density at radius 3 is 2.71 bits per heavy atom. The van der Waals surface area contributed by atoms with Crippen LogP contribution < -0.4 is 0 Å². The van der Waals surface area contributed by atoms with Crippen LogP contribution in [0.5, 0.6) is 0 Å². The number of carbonyl (C=O) groups excluding carboxylic acids is 1. The quantitative estimate of drug-likeness (QED) is 0.568. The van der Waals surface area contributed by atoms with Crippen molar-refractivity contribution in [1.82, 2.24) is 4.98 Å². The molecule has 4 aliphatic rings. The molecule has 4 fully saturated rings. The second-order valence-electron chi connectivity index (χ2n) is 8.04. The fourth-order valence-corrected chi connectivity index (χ4v) is 7.10. The second-order valence-corrected chi connectivity index (χ2v) is 9.73. The largest absolute Gasteiger partial charge is 0.455 e. The molecule has 2 atom stereocenters. The first-order chi connectivity index (χ1) is 11.5. The molecule has 1 aromatic heterocycles. The van der Waals surface area contributed by atoms with E-state index in [4.69, 9.17) is 9.15 Å². The molecule has 0 radical (unpaired) electrons. The van der Waals surface area contributed by atoms with E-state index in [9.17, 15) is 4.79 Å². The molecular formula is C19H20BrNO3. The van der Waals surface area contributed by atoms with Crippen LogP contribution in [0.4, 0.5) is 0 Å². The number of fused-ring (bicyclic) bond motifs is 1. The summed E-state index contributed by atoms with van der Waals surface area (Å²) < 4.78 is 11.5. The second kappa shape index (κ2) is 5.07. The molecule has 24 heavy (non-hydrogen) atoms. The maximum absolute atomic E-state index is 12.9. The van der Waals surface area contributed by atoms with Gasteiger partial charge >= 0.3 is 5.97 Å². The van der Waals surface area contributed by atoms with Crippen molar-refractivity contribution >= 4 is 33.0 Å². The third kappa shape index (κ3) is 2.32. The molecule has 4 bridgehead atoms.